The highest BCUT2D eigenvalue weighted by atomic mass is 32.2. The molecule has 1 aliphatic carbocycles. The third-order valence-electron chi connectivity index (χ3n) is 4.78. The molecule has 0 aromatic carbocycles. The Morgan fingerprint density at radius 2 is 2.27 bits per heavy atom. The second-order valence-corrected chi connectivity index (χ2v) is 9.30. The normalized spacial score (nSPS) is 27.9. The van der Waals surface area contributed by atoms with Crippen LogP contribution in [0.3, 0.4) is 0 Å². The first kappa shape index (κ1) is 20.4. The van der Waals surface area contributed by atoms with Crippen LogP contribution in [0.5, 0.6) is 0 Å². The molecular formula is C18H19N5O5S2. The lowest BCUT2D eigenvalue weighted by molar-refractivity contribution is -0.150. The molecule has 4 atom stereocenters. The van der Waals surface area contributed by atoms with Crippen molar-refractivity contribution in [3.05, 3.63) is 35.0 Å². The highest BCUT2D eigenvalue weighted by molar-refractivity contribution is 8.00. The molecule has 10 nitrogen and oxygen atoms in total. The first-order valence-electron chi connectivity index (χ1n) is 9.21. The van der Waals surface area contributed by atoms with Crippen LogP contribution in [0.1, 0.15) is 25.5 Å². The maximum absolute atomic E-state index is 13.0. The van der Waals surface area contributed by atoms with Gasteiger partial charge in [0.15, 0.2) is 10.8 Å². The number of carboxylic acid groups (broad SMARTS) is 1. The fraction of sp³-hybridized carbons (Fsp3) is 0.389. The summed E-state index contributed by atoms with van der Waals surface area (Å²) in [5, 5.41) is 17.2. The van der Waals surface area contributed by atoms with Crippen molar-refractivity contribution in [1.82, 2.24) is 15.2 Å². The van der Waals surface area contributed by atoms with E-state index in [9.17, 15) is 19.5 Å². The molecular weight excluding hydrogens is 430 g/mol. The molecule has 4 N–H and O–H groups in total. The molecule has 2 amide bonds. The number of anilines is 1. The standard InChI is InChI=1S/C18H19N5O5S2/c1-8-6-11(17(26)27)23-15(25)13(16(23)30-8)21-14(24)12(10-7-29-18(19)20-10)22-28-9-4-2-3-5-9/h2,4,6-9,13,16H,3,5H2,1H3,(H2,19,20)(H,21,24)(H,26,27)/b22-12-/t8?,9?,13?,16-/m1/s1. The predicted octanol–water partition coefficient (Wildman–Crippen LogP) is 0.922. The number of oxime groups is 1. The Morgan fingerprint density at radius 1 is 1.47 bits per heavy atom. The van der Waals surface area contributed by atoms with Crippen molar-refractivity contribution in [1.29, 1.82) is 0 Å². The number of amides is 2. The minimum atomic E-state index is -1.18. The number of nitrogen functional groups attached to an aromatic ring is 1. The van der Waals surface area contributed by atoms with E-state index >= 15 is 0 Å². The fourth-order valence-corrected chi connectivity index (χ4v) is 5.23. The van der Waals surface area contributed by atoms with Gasteiger partial charge in [0.1, 0.15) is 28.9 Å². The molecule has 1 aromatic heterocycles. The van der Waals surface area contributed by atoms with Gasteiger partial charge in [-0.25, -0.2) is 9.78 Å². The molecule has 3 unspecified atom stereocenters. The number of β-lactam (4-membered cyclic amide) rings is 1. The Kier molecular flexibility index (Phi) is 5.52. The Hall–Kier alpha value is -2.86. The van der Waals surface area contributed by atoms with Gasteiger partial charge >= 0.3 is 5.97 Å². The van der Waals surface area contributed by atoms with Crippen LogP contribution in [0.2, 0.25) is 0 Å². The molecule has 30 heavy (non-hydrogen) atoms. The molecule has 12 heteroatoms. The van der Waals surface area contributed by atoms with Crippen LogP contribution < -0.4 is 11.1 Å². The first-order chi connectivity index (χ1) is 14.3. The average molecular weight is 450 g/mol. The first-order valence-corrected chi connectivity index (χ1v) is 11.0. The summed E-state index contributed by atoms with van der Waals surface area (Å²) in [4.78, 5) is 47.7. The predicted molar refractivity (Wildman–Crippen MR) is 112 cm³/mol. The zero-order chi connectivity index (χ0) is 21.4. The number of carbonyl (C=O) groups is 3. The number of rotatable bonds is 6. The van der Waals surface area contributed by atoms with Crippen molar-refractivity contribution in [3.8, 4) is 0 Å². The van der Waals surface area contributed by atoms with Crippen molar-refractivity contribution in [2.24, 2.45) is 5.16 Å². The molecule has 0 radical (unpaired) electrons. The summed E-state index contributed by atoms with van der Waals surface area (Å²) >= 11 is 2.55. The summed E-state index contributed by atoms with van der Waals surface area (Å²) in [6.07, 6.45) is 6.75. The SMILES string of the molecule is CC1C=C(C(=O)O)N2C(=O)C(NC(=O)/C(=N\OC3C=CCC3)c3csc(N)n3)[C@H]2S1. The van der Waals surface area contributed by atoms with E-state index in [-0.39, 0.29) is 33.6 Å². The van der Waals surface area contributed by atoms with Gasteiger partial charge in [0.2, 0.25) is 0 Å². The monoisotopic (exact) mass is 449 g/mol. The summed E-state index contributed by atoms with van der Waals surface area (Å²) in [5.41, 5.74) is 5.78. The second kappa shape index (κ2) is 8.11. The number of thioether (sulfide) groups is 1. The maximum Gasteiger partial charge on any atom is 0.352 e. The average Bonchev–Trinajstić information content (AvgIpc) is 3.37. The van der Waals surface area contributed by atoms with Crippen LogP contribution in [0.15, 0.2) is 34.5 Å². The lowest BCUT2D eigenvalue weighted by Gasteiger charge is -2.49. The molecule has 0 bridgehead atoms. The molecule has 1 saturated heterocycles. The highest BCUT2D eigenvalue weighted by Crippen LogP contribution is 2.40. The van der Waals surface area contributed by atoms with Crippen molar-refractivity contribution in [3.63, 3.8) is 0 Å². The zero-order valence-electron chi connectivity index (χ0n) is 15.8. The van der Waals surface area contributed by atoms with Crippen LogP contribution in [0.25, 0.3) is 0 Å². The minimum Gasteiger partial charge on any atom is -0.477 e. The van der Waals surface area contributed by atoms with Crippen LogP contribution in [0.4, 0.5) is 5.13 Å². The van der Waals surface area contributed by atoms with Gasteiger partial charge in [-0.3, -0.25) is 14.5 Å². The Labute approximate surface area is 179 Å². The van der Waals surface area contributed by atoms with Gasteiger partial charge in [0, 0.05) is 10.6 Å². The topological polar surface area (TPSA) is 147 Å². The van der Waals surface area contributed by atoms with Crippen LogP contribution >= 0.6 is 23.1 Å². The van der Waals surface area contributed by atoms with E-state index in [1.54, 1.807) is 5.38 Å². The number of carbonyl (C=O) groups excluding carboxylic acids is 2. The number of nitrogens with zero attached hydrogens (tertiary/aromatic N) is 3. The number of nitrogens with two attached hydrogens (primary N) is 1. The van der Waals surface area contributed by atoms with Gasteiger partial charge in [-0.05, 0) is 31.9 Å². The largest absolute Gasteiger partial charge is 0.477 e. The number of hydrogen-bond donors (Lipinski definition) is 3. The number of aliphatic carboxylic acids is 1. The maximum atomic E-state index is 13.0. The molecule has 2 aliphatic heterocycles. The Bertz CT molecular complexity index is 987. The van der Waals surface area contributed by atoms with E-state index in [0.29, 0.717) is 0 Å². The zero-order valence-corrected chi connectivity index (χ0v) is 17.5. The molecule has 3 aliphatic rings. The molecule has 0 saturated carbocycles. The van der Waals surface area contributed by atoms with Crippen LogP contribution in [-0.2, 0) is 19.2 Å². The smallest absolute Gasteiger partial charge is 0.352 e. The van der Waals surface area contributed by atoms with Crippen LogP contribution in [-0.4, -0.2) is 61.3 Å². The Balaban J connectivity index is 1.52. The van der Waals surface area contributed by atoms with E-state index in [4.69, 9.17) is 10.6 Å². The second-order valence-electron chi connectivity index (χ2n) is 6.91. The summed E-state index contributed by atoms with van der Waals surface area (Å²) in [5.74, 6) is -2.30. The number of thiazole rings is 1. The Morgan fingerprint density at radius 3 is 2.90 bits per heavy atom. The van der Waals surface area contributed by atoms with Gasteiger partial charge in [0.25, 0.3) is 11.8 Å². The number of hydrogen-bond acceptors (Lipinski definition) is 9. The number of aromatic nitrogens is 1. The molecule has 158 valence electrons. The van der Waals surface area contributed by atoms with E-state index in [2.05, 4.69) is 15.5 Å². The number of carboxylic acids is 1. The number of allylic oxidation sites excluding steroid dienone is 1. The molecule has 1 aromatic rings. The summed E-state index contributed by atoms with van der Waals surface area (Å²) in [6, 6.07) is -0.874. The summed E-state index contributed by atoms with van der Waals surface area (Å²) < 4.78 is 0. The van der Waals surface area contributed by atoms with Crippen molar-refractivity contribution >= 4 is 51.7 Å². The molecule has 3 heterocycles. The van der Waals surface area contributed by atoms with Gasteiger partial charge in [0.05, 0.1) is 0 Å². The van der Waals surface area contributed by atoms with Crippen molar-refractivity contribution < 1.29 is 24.3 Å². The number of nitrogens with one attached hydrogen (secondary N) is 1. The lowest BCUT2D eigenvalue weighted by Crippen LogP contribution is -2.71. The van der Waals surface area contributed by atoms with Gasteiger partial charge < -0.3 is 21.0 Å². The van der Waals surface area contributed by atoms with Gasteiger partial charge in [-0.15, -0.1) is 23.1 Å². The van der Waals surface area contributed by atoms with Crippen LogP contribution in [0, 0.1) is 0 Å². The lowest BCUT2D eigenvalue weighted by atomic mass is 10.0. The minimum absolute atomic E-state index is 0.0701. The number of fused-ring (bicyclic) bond motifs is 1. The van der Waals surface area contributed by atoms with Crippen molar-refractivity contribution in [2.75, 3.05) is 5.73 Å². The summed E-state index contributed by atoms with van der Waals surface area (Å²) in [6.45, 7) is 1.83. The van der Waals surface area contributed by atoms with E-state index in [0.717, 1.165) is 24.2 Å². The van der Waals surface area contributed by atoms with E-state index < -0.39 is 29.2 Å². The molecule has 4 rings (SSSR count). The molecule has 1 fully saturated rings. The van der Waals surface area contributed by atoms with Gasteiger partial charge in [-0.1, -0.05) is 11.2 Å². The van der Waals surface area contributed by atoms with E-state index in [1.807, 2.05) is 19.1 Å². The van der Waals surface area contributed by atoms with Gasteiger partial charge in [-0.2, -0.15) is 0 Å². The van der Waals surface area contributed by atoms with E-state index in [1.165, 1.54) is 22.7 Å². The van der Waals surface area contributed by atoms with Crippen molar-refractivity contribution in [2.45, 2.75) is 42.5 Å². The third kappa shape index (κ3) is 3.79. The quantitative estimate of drug-likeness (QED) is 0.251. The third-order valence-corrected chi connectivity index (χ3v) is 6.78. The summed E-state index contributed by atoms with van der Waals surface area (Å²) in [7, 11) is 0. The fourth-order valence-electron chi connectivity index (χ4n) is 3.35. The highest BCUT2D eigenvalue weighted by Gasteiger charge is 2.54. The molecule has 0 spiro atoms.